The predicted molar refractivity (Wildman–Crippen MR) is 157 cm³/mol. The fourth-order valence-corrected chi connectivity index (χ4v) is 3.83. The molecule has 0 aliphatic rings. The second-order valence-electron chi connectivity index (χ2n) is 8.89. The highest BCUT2D eigenvalue weighted by Gasteiger charge is 2.15. The number of nitrogens with one attached hydrogen (secondary N) is 2. The fourth-order valence-electron chi connectivity index (χ4n) is 3.83. The van der Waals surface area contributed by atoms with Crippen LogP contribution in [0.25, 0.3) is 0 Å². The third kappa shape index (κ3) is 7.04. The molecule has 0 saturated carbocycles. The number of hydrogen-bond acceptors (Lipinski definition) is 6. The minimum atomic E-state index is -0.329. The number of carbonyl (C=O) groups is 4. The van der Waals surface area contributed by atoms with E-state index in [1.54, 1.807) is 101 Å². The highest BCUT2D eigenvalue weighted by atomic mass is 16.2. The van der Waals surface area contributed by atoms with Gasteiger partial charge in [-0.2, -0.15) is 0 Å². The van der Waals surface area contributed by atoms with Gasteiger partial charge >= 0.3 is 0 Å². The van der Waals surface area contributed by atoms with E-state index in [1.807, 2.05) is 0 Å². The zero-order valence-electron chi connectivity index (χ0n) is 23.4. The Morgan fingerprint density at radius 1 is 0.525 bits per heavy atom. The molecule has 0 unspecified atom stereocenters. The summed E-state index contributed by atoms with van der Waals surface area (Å²) in [5.74, 6) is 0.116. The van der Waals surface area contributed by atoms with Crippen LogP contribution in [0.2, 0.25) is 0 Å². The van der Waals surface area contributed by atoms with Crippen molar-refractivity contribution in [2.45, 2.75) is 13.8 Å². The number of carbonyl (C=O) groups excluding carboxylic acids is 4. The average Bonchev–Trinajstić information content (AvgIpc) is 2.95. The first kappa shape index (κ1) is 29.4. The van der Waals surface area contributed by atoms with E-state index in [-0.39, 0.29) is 23.6 Å². The molecule has 0 spiro atoms. The van der Waals surface area contributed by atoms with Gasteiger partial charge in [-0.3, -0.25) is 29.2 Å². The topological polar surface area (TPSA) is 124 Å². The largest absolute Gasteiger partial charge is 0.322 e. The molecule has 10 heteroatoms. The van der Waals surface area contributed by atoms with Crippen molar-refractivity contribution >= 4 is 46.7 Å². The first-order chi connectivity index (χ1) is 19.0. The van der Waals surface area contributed by atoms with Gasteiger partial charge < -0.3 is 20.4 Å². The van der Waals surface area contributed by atoms with Gasteiger partial charge in [-0.15, -0.1) is 0 Å². The van der Waals surface area contributed by atoms with Crippen molar-refractivity contribution in [2.75, 3.05) is 38.8 Å². The number of benzene rings is 3. The summed E-state index contributed by atoms with van der Waals surface area (Å²) in [5, 5.41) is 5.65. The lowest BCUT2D eigenvalue weighted by atomic mass is 10.1. The summed E-state index contributed by atoms with van der Waals surface area (Å²) in [5.41, 5.74) is 3.41. The Bertz CT molecular complexity index is 1350. The standard InChI is InChI=1S/C30H32N6O4/c1-19(37)35(5)27(31-3)21-11-15-25(16-12-21)33-29(39)23-7-9-24(10-8-23)30(40)34-26-17-13-22(14-18-26)28(32-4)36(6)20(2)38/h7-18H,1-6H3,(H,33,39)(H,34,40). The molecule has 0 atom stereocenters. The summed E-state index contributed by atoms with van der Waals surface area (Å²) in [6, 6.07) is 20.3. The molecule has 3 rings (SSSR count). The Labute approximate surface area is 233 Å². The second kappa shape index (κ2) is 13.1. The fraction of sp³-hybridized carbons (Fsp3) is 0.200. The molecule has 206 valence electrons. The van der Waals surface area contributed by atoms with E-state index in [4.69, 9.17) is 0 Å². The third-order valence-electron chi connectivity index (χ3n) is 6.21. The zero-order chi connectivity index (χ0) is 29.4. The molecule has 0 fully saturated rings. The van der Waals surface area contributed by atoms with E-state index in [2.05, 4.69) is 20.6 Å². The van der Waals surface area contributed by atoms with Crippen molar-refractivity contribution in [3.63, 3.8) is 0 Å². The zero-order valence-corrected chi connectivity index (χ0v) is 23.4. The minimum Gasteiger partial charge on any atom is -0.322 e. The molecule has 0 radical (unpaired) electrons. The van der Waals surface area contributed by atoms with Crippen LogP contribution in [0.4, 0.5) is 11.4 Å². The Hall–Kier alpha value is -5.12. The first-order valence-corrected chi connectivity index (χ1v) is 12.4. The maximum atomic E-state index is 12.7. The number of anilines is 2. The number of amidine groups is 2. The summed E-state index contributed by atoms with van der Waals surface area (Å²) in [4.78, 5) is 60.1. The minimum absolute atomic E-state index is 0.136. The number of rotatable bonds is 6. The van der Waals surface area contributed by atoms with Crippen LogP contribution in [-0.2, 0) is 9.59 Å². The Morgan fingerprint density at radius 3 is 1.05 bits per heavy atom. The Balaban J connectivity index is 1.62. The Morgan fingerprint density at radius 2 is 0.800 bits per heavy atom. The SMILES string of the molecule is CN=C(c1ccc(NC(=O)c2ccc(C(=O)Nc3ccc(C(=NC)N(C)C(C)=O)cc3)cc2)cc1)N(C)C(C)=O. The molecule has 0 aliphatic heterocycles. The predicted octanol–water partition coefficient (Wildman–Crippen LogP) is 3.90. The van der Waals surface area contributed by atoms with Crippen molar-refractivity contribution < 1.29 is 19.2 Å². The molecule has 3 aromatic rings. The first-order valence-electron chi connectivity index (χ1n) is 12.4. The highest BCUT2D eigenvalue weighted by Crippen LogP contribution is 2.16. The summed E-state index contributed by atoms with van der Waals surface area (Å²) < 4.78 is 0. The van der Waals surface area contributed by atoms with Gasteiger partial charge in [0.25, 0.3) is 11.8 Å². The van der Waals surface area contributed by atoms with Crippen LogP contribution in [-0.4, -0.2) is 73.3 Å². The molecular formula is C30H32N6O4. The van der Waals surface area contributed by atoms with Crippen LogP contribution < -0.4 is 10.6 Å². The van der Waals surface area contributed by atoms with E-state index >= 15 is 0 Å². The molecule has 0 saturated heterocycles. The van der Waals surface area contributed by atoms with Gasteiger partial charge in [-0.25, -0.2) is 0 Å². The van der Waals surface area contributed by atoms with E-state index < -0.39 is 0 Å². The van der Waals surface area contributed by atoms with Crippen LogP contribution in [0.15, 0.2) is 82.8 Å². The maximum absolute atomic E-state index is 12.7. The highest BCUT2D eigenvalue weighted by molar-refractivity contribution is 6.10. The van der Waals surface area contributed by atoms with Crippen molar-refractivity contribution in [3.8, 4) is 0 Å². The monoisotopic (exact) mass is 540 g/mol. The van der Waals surface area contributed by atoms with Crippen molar-refractivity contribution in [2.24, 2.45) is 9.98 Å². The summed E-state index contributed by atoms with van der Waals surface area (Å²) >= 11 is 0. The lowest BCUT2D eigenvalue weighted by molar-refractivity contribution is -0.125. The molecule has 0 aliphatic carbocycles. The van der Waals surface area contributed by atoms with Gasteiger partial charge in [0, 0.05) is 75.7 Å². The molecular weight excluding hydrogens is 508 g/mol. The molecule has 40 heavy (non-hydrogen) atoms. The number of amides is 4. The van der Waals surface area contributed by atoms with E-state index in [1.165, 1.54) is 23.6 Å². The van der Waals surface area contributed by atoms with Crippen LogP contribution >= 0.6 is 0 Å². The van der Waals surface area contributed by atoms with E-state index in [9.17, 15) is 19.2 Å². The van der Waals surface area contributed by atoms with Crippen LogP contribution in [0.5, 0.6) is 0 Å². The van der Waals surface area contributed by atoms with Gasteiger partial charge in [-0.05, 0) is 72.8 Å². The Kier molecular flexibility index (Phi) is 9.64. The molecule has 4 amide bonds. The van der Waals surface area contributed by atoms with Gasteiger partial charge in [0.15, 0.2) is 0 Å². The molecule has 0 bridgehead atoms. The summed E-state index contributed by atoms with van der Waals surface area (Å²) in [6.07, 6.45) is 0. The normalized spacial score (nSPS) is 11.4. The number of aliphatic imine (C=N–C) groups is 2. The van der Waals surface area contributed by atoms with Crippen molar-refractivity contribution in [3.05, 3.63) is 95.1 Å². The molecule has 10 nitrogen and oxygen atoms in total. The lowest BCUT2D eigenvalue weighted by Gasteiger charge is -2.17. The van der Waals surface area contributed by atoms with Crippen LogP contribution in [0, 0.1) is 0 Å². The quantitative estimate of drug-likeness (QED) is 0.364. The molecule has 0 aromatic heterocycles. The van der Waals surface area contributed by atoms with Gasteiger partial charge in [0.05, 0.1) is 0 Å². The van der Waals surface area contributed by atoms with E-state index in [0.29, 0.717) is 34.2 Å². The smallest absolute Gasteiger partial charge is 0.255 e. The summed E-state index contributed by atoms with van der Waals surface area (Å²) in [7, 11) is 6.52. The van der Waals surface area contributed by atoms with Crippen LogP contribution in [0.1, 0.15) is 45.7 Å². The third-order valence-corrected chi connectivity index (χ3v) is 6.21. The molecule has 0 heterocycles. The molecule has 3 aromatic carbocycles. The maximum Gasteiger partial charge on any atom is 0.255 e. The number of hydrogen-bond donors (Lipinski definition) is 2. The van der Waals surface area contributed by atoms with E-state index in [0.717, 1.165) is 11.1 Å². The van der Waals surface area contributed by atoms with Crippen molar-refractivity contribution in [1.29, 1.82) is 0 Å². The second-order valence-corrected chi connectivity index (χ2v) is 8.89. The number of nitrogens with zero attached hydrogens (tertiary/aromatic N) is 4. The molecule has 2 N–H and O–H groups in total. The van der Waals surface area contributed by atoms with Crippen molar-refractivity contribution in [1.82, 2.24) is 9.80 Å². The van der Waals surface area contributed by atoms with Gasteiger partial charge in [-0.1, -0.05) is 0 Å². The summed E-state index contributed by atoms with van der Waals surface area (Å²) in [6.45, 7) is 2.92. The average molecular weight is 541 g/mol. The van der Waals surface area contributed by atoms with Gasteiger partial charge in [0.1, 0.15) is 11.7 Å². The van der Waals surface area contributed by atoms with Gasteiger partial charge in [0.2, 0.25) is 11.8 Å². The lowest BCUT2D eigenvalue weighted by Crippen LogP contribution is -2.31. The van der Waals surface area contributed by atoms with Crippen LogP contribution in [0.3, 0.4) is 0 Å².